The number of piperidine rings is 1. The van der Waals surface area contributed by atoms with Crippen LogP contribution in [-0.4, -0.2) is 52.6 Å². The molecule has 1 saturated carbocycles. The summed E-state index contributed by atoms with van der Waals surface area (Å²) in [6.45, 7) is 7.80. The summed E-state index contributed by atoms with van der Waals surface area (Å²) in [7, 11) is 1.73. The van der Waals surface area contributed by atoms with Gasteiger partial charge in [-0.2, -0.15) is 0 Å². The summed E-state index contributed by atoms with van der Waals surface area (Å²) in [5, 5.41) is 1.26. The van der Waals surface area contributed by atoms with Crippen molar-refractivity contribution in [1.82, 2.24) is 19.8 Å². The van der Waals surface area contributed by atoms with Crippen molar-refractivity contribution in [2.75, 3.05) is 26.7 Å². The van der Waals surface area contributed by atoms with Crippen LogP contribution in [0.5, 0.6) is 5.75 Å². The Labute approximate surface area is 198 Å². The van der Waals surface area contributed by atoms with Crippen LogP contribution in [0.25, 0.3) is 10.9 Å². The van der Waals surface area contributed by atoms with Gasteiger partial charge in [-0.25, -0.2) is 0 Å². The summed E-state index contributed by atoms with van der Waals surface area (Å²) < 4.78 is 5.46. The minimum absolute atomic E-state index is 0.768. The van der Waals surface area contributed by atoms with E-state index in [1.807, 2.05) is 24.5 Å². The van der Waals surface area contributed by atoms with Gasteiger partial charge in [0.05, 0.1) is 7.11 Å². The molecule has 0 bridgehead atoms. The van der Waals surface area contributed by atoms with E-state index in [2.05, 4.69) is 44.9 Å². The van der Waals surface area contributed by atoms with E-state index in [0.29, 0.717) is 0 Å². The van der Waals surface area contributed by atoms with Gasteiger partial charge in [0.15, 0.2) is 0 Å². The number of aromatic nitrogens is 2. The van der Waals surface area contributed by atoms with Crippen molar-refractivity contribution in [3.05, 3.63) is 59.5 Å². The molecule has 2 aliphatic rings. The van der Waals surface area contributed by atoms with E-state index in [1.54, 1.807) is 7.11 Å². The fourth-order valence-electron chi connectivity index (χ4n) is 5.94. The number of rotatable bonds is 8. The first kappa shape index (κ1) is 22.4. The third-order valence-electron chi connectivity index (χ3n) is 7.89. The van der Waals surface area contributed by atoms with Gasteiger partial charge in [0.1, 0.15) is 5.75 Å². The van der Waals surface area contributed by atoms with E-state index >= 15 is 0 Å². The molecule has 1 aliphatic heterocycles. The van der Waals surface area contributed by atoms with Crippen LogP contribution in [-0.2, 0) is 13.1 Å². The number of aromatic amines is 1. The molecule has 176 valence electrons. The average molecular weight is 447 g/mol. The molecule has 5 rings (SSSR count). The molecule has 1 aromatic carbocycles. The van der Waals surface area contributed by atoms with Gasteiger partial charge in [0, 0.05) is 54.7 Å². The molecular weight excluding hydrogens is 408 g/mol. The Kier molecular flexibility index (Phi) is 6.98. The zero-order valence-corrected chi connectivity index (χ0v) is 20.2. The number of nitrogens with zero attached hydrogens (tertiary/aromatic N) is 3. The summed E-state index contributed by atoms with van der Waals surface area (Å²) in [4.78, 5) is 13.5. The largest absolute Gasteiger partial charge is 0.497 e. The minimum atomic E-state index is 0.768. The lowest BCUT2D eigenvalue weighted by Crippen LogP contribution is -2.42. The Bertz CT molecular complexity index is 1030. The van der Waals surface area contributed by atoms with Crippen LogP contribution in [0.4, 0.5) is 0 Å². The Morgan fingerprint density at radius 1 is 1.09 bits per heavy atom. The Morgan fingerprint density at radius 2 is 1.91 bits per heavy atom. The summed E-state index contributed by atoms with van der Waals surface area (Å²) in [6.07, 6.45) is 12.2. The van der Waals surface area contributed by atoms with Crippen molar-refractivity contribution >= 4 is 10.9 Å². The van der Waals surface area contributed by atoms with Gasteiger partial charge in [-0.15, -0.1) is 0 Å². The van der Waals surface area contributed by atoms with Crippen molar-refractivity contribution in [2.24, 2.45) is 5.92 Å². The van der Waals surface area contributed by atoms with Gasteiger partial charge in [-0.05, 0) is 87.0 Å². The normalized spacial score (nSPS) is 18.5. The second-order valence-electron chi connectivity index (χ2n) is 10.1. The molecule has 0 amide bonds. The van der Waals surface area contributed by atoms with Crippen molar-refractivity contribution < 1.29 is 4.74 Å². The Morgan fingerprint density at radius 3 is 2.64 bits per heavy atom. The number of hydrogen-bond donors (Lipinski definition) is 1. The fourth-order valence-corrected chi connectivity index (χ4v) is 5.94. The second-order valence-corrected chi connectivity index (χ2v) is 10.1. The van der Waals surface area contributed by atoms with Gasteiger partial charge in [0.2, 0.25) is 0 Å². The maximum Gasteiger partial charge on any atom is 0.119 e. The number of ether oxygens (including phenoxy) is 1. The molecule has 1 saturated heterocycles. The fraction of sp³-hybridized carbons (Fsp3) is 0.536. The highest BCUT2D eigenvalue weighted by molar-refractivity contribution is 5.85. The topological polar surface area (TPSA) is 44.4 Å². The van der Waals surface area contributed by atoms with Crippen LogP contribution < -0.4 is 4.74 Å². The maximum absolute atomic E-state index is 5.46. The zero-order chi connectivity index (χ0) is 22.6. The van der Waals surface area contributed by atoms with Crippen LogP contribution in [0, 0.1) is 12.8 Å². The molecule has 5 heteroatoms. The molecule has 0 spiro atoms. The smallest absolute Gasteiger partial charge is 0.119 e. The molecule has 3 heterocycles. The number of benzene rings is 1. The summed E-state index contributed by atoms with van der Waals surface area (Å²) in [5.41, 5.74) is 5.12. The van der Waals surface area contributed by atoms with E-state index in [4.69, 9.17) is 4.74 Å². The molecule has 2 fully saturated rings. The van der Waals surface area contributed by atoms with Crippen LogP contribution >= 0.6 is 0 Å². The first-order valence-electron chi connectivity index (χ1n) is 12.7. The molecular formula is C28H38N4O. The van der Waals surface area contributed by atoms with Crippen LogP contribution in [0.3, 0.4) is 0 Å². The number of methoxy groups -OCH3 is 1. The predicted molar refractivity (Wildman–Crippen MR) is 134 cm³/mol. The van der Waals surface area contributed by atoms with Gasteiger partial charge < -0.3 is 14.6 Å². The summed E-state index contributed by atoms with van der Waals surface area (Å²) in [5.74, 6) is 1.68. The Hall–Kier alpha value is -2.37. The molecule has 5 nitrogen and oxygen atoms in total. The Balaban J connectivity index is 1.30. The first-order valence-corrected chi connectivity index (χ1v) is 12.7. The number of H-pyrrole nitrogens is 1. The van der Waals surface area contributed by atoms with Gasteiger partial charge in [-0.1, -0.05) is 18.9 Å². The number of pyridine rings is 1. The average Bonchev–Trinajstić information content (AvgIpc) is 3.49. The molecule has 1 aliphatic carbocycles. The predicted octanol–water partition coefficient (Wildman–Crippen LogP) is 5.54. The molecule has 0 atom stereocenters. The highest BCUT2D eigenvalue weighted by Crippen LogP contribution is 2.30. The first-order chi connectivity index (χ1) is 16.2. The lowest BCUT2D eigenvalue weighted by molar-refractivity contribution is 0.106. The van der Waals surface area contributed by atoms with Crippen molar-refractivity contribution in [1.29, 1.82) is 0 Å². The number of likely N-dealkylation sites (tertiary alicyclic amines) is 1. The molecule has 33 heavy (non-hydrogen) atoms. The molecule has 1 N–H and O–H groups in total. The van der Waals surface area contributed by atoms with E-state index in [9.17, 15) is 0 Å². The third kappa shape index (κ3) is 5.25. The van der Waals surface area contributed by atoms with E-state index < -0.39 is 0 Å². The summed E-state index contributed by atoms with van der Waals surface area (Å²) >= 11 is 0. The van der Waals surface area contributed by atoms with E-state index in [0.717, 1.165) is 37.3 Å². The number of hydrogen-bond acceptors (Lipinski definition) is 4. The zero-order valence-electron chi connectivity index (χ0n) is 20.2. The minimum Gasteiger partial charge on any atom is -0.497 e. The van der Waals surface area contributed by atoms with Gasteiger partial charge in [-0.3, -0.25) is 9.88 Å². The van der Waals surface area contributed by atoms with E-state index in [-0.39, 0.29) is 0 Å². The van der Waals surface area contributed by atoms with Crippen molar-refractivity contribution in [2.45, 2.75) is 64.6 Å². The lowest BCUT2D eigenvalue weighted by atomic mass is 9.94. The quantitative estimate of drug-likeness (QED) is 0.494. The summed E-state index contributed by atoms with van der Waals surface area (Å²) in [6, 6.07) is 11.4. The molecule has 0 unspecified atom stereocenters. The van der Waals surface area contributed by atoms with Gasteiger partial charge >= 0.3 is 0 Å². The van der Waals surface area contributed by atoms with Gasteiger partial charge in [0.25, 0.3) is 0 Å². The van der Waals surface area contributed by atoms with Crippen LogP contribution in [0.15, 0.2) is 42.7 Å². The highest BCUT2D eigenvalue weighted by atomic mass is 16.5. The SMILES string of the molecule is COc1ccc2[nH]c(CN(Cc3cccnc3)CC3CCN(C4CCCC4)CC3)c(C)c2c1. The third-order valence-corrected chi connectivity index (χ3v) is 7.89. The number of nitrogens with one attached hydrogen (secondary N) is 1. The highest BCUT2D eigenvalue weighted by Gasteiger charge is 2.28. The lowest BCUT2D eigenvalue weighted by Gasteiger charge is -2.38. The second kappa shape index (κ2) is 10.3. The number of fused-ring (bicyclic) bond motifs is 1. The number of aryl methyl sites for hydroxylation is 1. The van der Waals surface area contributed by atoms with Crippen molar-refractivity contribution in [3.8, 4) is 5.75 Å². The van der Waals surface area contributed by atoms with Crippen LogP contribution in [0.2, 0.25) is 0 Å². The standard InChI is InChI=1S/C28H38N4O/c1-21-26-16-25(33-2)9-10-27(26)30-28(21)20-31(19-23-6-5-13-29-17-23)18-22-11-14-32(15-12-22)24-7-3-4-8-24/h5-6,9-10,13,16-17,22,24,30H,3-4,7-8,11-12,14-15,18-20H2,1-2H3. The van der Waals surface area contributed by atoms with Crippen LogP contribution in [0.1, 0.15) is 55.3 Å². The monoisotopic (exact) mass is 446 g/mol. The van der Waals surface area contributed by atoms with Crippen molar-refractivity contribution in [3.63, 3.8) is 0 Å². The molecule has 2 aromatic heterocycles. The molecule has 0 radical (unpaired) electrons. The van der Waals surface area contributed by atoms with E-state index in [1.165, 1.54) is 79.3 Å². The molecule has 3 aromatic rings. The maximum atomic E-state index is 5.46.